The van der Waals surface area contributed by atoms with Crippen LogP contribution < -0.4 is 11.1 Å². The molecule has 3 N–H and O–H groups in total. The van der Waals surface area contributed by atoms with Gasteiger partial charge in [0.25, 0.3) is 0 Å². The fourth-order valence-corrected chi connectivity index (χ4v) is 1.92. The van der Waals surface area contributed by atoms with E-state index in [1.807, 2.05) is 27.7 Å². The van der Waals surface area contributed by atoms with E-state index in [0.29, 0.717) is 24.6 Å². The van der Waals surface area contributed by atoms with Crippen molar-refractivity contribution in [1.29, 1.82) is 0 Å². The van der Waals surface area contributed by atoms with E-state index >= 15 is 0 Å². The number of aryl methyl sites for hydroxylation is 2. The summed E-state index contributed by atoms with van der Waals surface area (Å²) in [6, 6.07) is -0.318. The van der Waals surface area contributed by atoms with Crippen LogP contribution in [-0.4, -0.2) is 39.7 Å². The number of likely N-dealkylation sites (N-methyl/N-ethyl adjacent to an activating group) is 1. The molecule has 0 aliphatic rings. The van der Waals surface area contributed by atoms with Crippen molar-refractivity contribution < 1.29 is 4.79 Å². The number of amides is 1. The molecule has 6 nitrogen and oxygen atoms in total. The van der Waals surface area contributed by atoms with Gasteiger partial charge in [-0.3, -0.25) is 9.48 Å². The van der Waals surface area contributed by atoms with Crippen LogP contribution in [0.15, 0.2) is 0 Å². The van der Waals surface area contributed by atoms with Crippen molar-refractivity contribution in [3.63, 3.8) is 0 Å². The fourth-order valence-electron chi connectivity index (χ4n) is 1.92. The Balaban J connectivity index is 2.81. The van der Waals surface area contributed by atoms with Gasteiger partial charge < -0.3 is 16.0 Å². The summed E-state index contributed by atoms with van der Waals surface area (Å²) in [6.45, 7) is 9.04. The van der Waals surface area contributed by atoms with Crippen LogP contribution in [0.25, 0.3) is 0 Å². The molecule has 1 heterocycles. The third-order valence-corrected chi connectivity index (χ3v) is 3.07. The molecule has 1 aromatic rings. The Morgan fingerprint density at radius 2 is 2.06 bits per heavy atom. The second-order valence-corrected chi connectivity index (χ2v) is 4.35. The molecule has 1 amide bonds. The van der Waals surface area contributed by atoms with Crippen LogP contribution in [0, 0.1) is 6.92 Å². The van der Waals surface area contributed by atoms with Crippen molar-refractivity contribution in [3.05, 3.63) is 5.69 Å². The van der Waals surface area contributed by atoms with Gasteiger partial charge in [0.05, 0.1) is 11.4 Å². The lowest BCUT2D eigenvalue weighted by Gasteiger charge is -2.24. The highest BCUT2D eigenvalue weighted by molar-refractivity contribution is 5.85. The number of anilines is 2. The predicted octanol–water partition coefficient (Wildman–Crippen LogP) is 0.980. The van der Waals surface area contributed by atoms with Crippen LogP contribution in [0.2, 0.25) is 0 Å². The number of carbonyl (C=O) groups excluding carboxylic acids is 1. The highest BCUT2D eigenvalue weighted by Crippen LogP contribution is 2.21. The number of nitrogen functional groups attached to an aromatic ring is 1. The summed E-state index contributed by atoms with van der Waals surface area (Å²) in [4.78, 5) is 13.9. The van der Waals surface area contributed by atoms with Gasteiger partial charge in [0.2, 0.25) is 5.91 Å². The maximum Gasteiger partial charge on any atom is 0.244 e. The highest BCUT2D eigenvalue weighted by atomic mass is 16.2. The van der Waals surface area contributed by atoms with Crippen LogP contribution in [0.3, 0.4) is 0 Å². The molecule has 0 radical (unpaired) electrons. The van der Waals surface area contributed by atoms with Crippen LogP contribution >= 0.6 is 0 Å². The van der Waals surface area contributed by atoms with Gasteiger partial charge in [0.15, 0.2) is 0 Å². The Kier molecular flexibility index (Phi) is 4.58. The van der Waals surface area contributed by atoms with E-state index in [4.69, 9.17) is 5.73 Å². The number of carbonyl (C=O) groups is 1. The average molecular weight is 253 g/mol. The Hall–Kier alpha value is -1.72. The van der Waals surface area contributed by atoms with Gasteiger partial charge in [0, 0.05) is 20.1 Å². The summed E-state index contributed by atoms with van der Waals surface area (Å²) in [5.74, 6) is 0.763. The summed E-state index contributed by atoms with van der Waals surface area (Å²) in [6.07, 6.45) is 0. The molecule has 6 heteroatoms. The van der Waals surface area contributed by atoms with Crippen molar-refractivity contribution in [2.75, 3.05) is 24.1 Å². The monoisotopic (exact) mass is 253 g/mol. The Labute approximate surface area is 108 Å². The number of hydrogen-bond acceptors (Lipinski definition) is 4. The summed E-state index contributed by atoms with van der Waals surface area (Å²) < 4.78 is 1.66. The van der Waals surface area contributed by atoms with Crippen LogP contribution in [0.4, 0.5) is 11.5 Å². The molecule has 0 aliphatic carbocycles. The summed E-state index contributed by atoms with van der Waals surface area (Å²) in [5, 5.41) is 7.34. The molecule has 0 bridgehead atoms. The molecule has 0 fully saturated rings. The van der Waals surface area contributed by atoms with Gasteiger partial charge in [0.1, 0.15) is 11.9 Å². The number of rotatable bonds is 5. The first-order chi connectivity index (χ1) is 8.42. The van der Waals surface area contributed by atoms with Crippen LogP contribution in [-0.2, 0) is 11.8 Å². The zero-order valence-electron chi connectivity index (χ0n) is 11.8. The van der Waals surface area contributed by atoms with E-state index in [2.05, 4.69) is 10.4 Å². The van der Waals surface area contributed by atoms with Gasteiger partial charge >= 0.3 is 0 Å². The molecule has 0 saturated heterocycles. The first kappa shape index (κ1) is 14.3. The first-order valence-corrected chi connectivity index (χ1v) is 6.26. The Bertz CT molecular complexity index is 422. The quantitative estimate of drug-likeness (QED) is 0.820. The van der Waals surface area contributed by atoms with Crippen LogP contribution in [0.5, 0.6) is 0 Å². The second kappa shape index (κ2) is 5.75. The second-order valence-electron chi connectivity index (χ2n) is 4.35. The largest absolute Gasteiger partial charge is 0.394 e. The molecule has 0 saturated carbocycles. The molecule has 0 spiro atoms. The number of nitrogens with zero attached hydrogens (tertiary/aromatic N) is 3. The van der Waals surface area contributed by atoms with E-state index in [1.54, 1.807) is 16.6 Å². The van der Waals surface area contributed by atoms with Gasteiger partial charge in [-0.05, 0) is 27.7 Å². The topological polar surface area (TPSA) is 76.2 Å². The molecule has 102 valence electrons. The van der Waals surface area contributed by atoms with E-state index < -0.39 is 0 Å². The molecule has 1 atom stereocenters. The lowest BCUT2D eigenvalue weighted by Crippen LogP contribution is -2.41. The van der Waals surface area contributed by atoms with Crippen molar-refractivity contribution in [2.24, 2.45) is 7.05 Å². The van der Waals surface area contributed by atoms with E-state index in [1.165, 1.54) is 0 Å². The van der Waals surface area contributed by atoms with Crippen molar-refractivity contribution in [1.82, 2.24) is 14.7 Å². The van der Waals surface area contributed by atoms with Crippen molar-refractivity contribution in [2.45, 2.75) is 33.7 Å². The minimum atomic E-state index is -0.318. The molecular formula is C12H23N5O. The molecular weight excluding hydrogens is 230 g/mol. The number of nitrogens with one attached hydrogen (secondary N) is 1. The average Bonchev–Trinajstić information content (AvgIpc) is 2.57. The smallest absolute Gasteiger partial charge is 0.244 e. The lowest BCUT2D eigenvalue weighted by atomic mass is 10.2. The number of aromatic nitrogens is 2. The molecule has 18 heavy (non-hydrogen) atoms. The van der Waals surface area contributed by atoms with E-state index in [-0.39, 0.29) is 11.9 Å². The Morgan fingerprint density at radius 3 is 2.44 bits per heavy atom. The van der Waals surface area contributed by atoms with Gasteiger partial charge in [-0.1, -0.05) is 0 Å². The maximum atomic E-state index is 12.1. The van der Waals surface area contributed by atoms with E-state index in [9.17, 15) is 4.79 Å². The highest BCUT2D eigenvalue weighted by Gasteiger charge is 2.20. The first-order valence-electron chi connectivity index (χ1n) is 6.26. The third kappa shape index (κ3) is 2.75. The van der Waals surface area contributed by atoms with Crippen molar-refractivity contribution >= 4 is 17.4 Å². The third-order valence-electron chi connectivity index (χ3n) is 3.07. The standard InChI is InChI=1S/C12H23N5O/c1-6-17(7-2)12(18)9(4)14-11-10(13)8(3)15-16(11)5/h9,14H,6-7,13H2,1-5H3. The number of nitrogens with two attached hydrogens (primary N) is 1. The molecule has 0 aromatic carbocycles. The fraction of sp³-hybridized carbons (Fsp3) is 0.667. The normalized spacial score (nSPS) is 12.3. The van der Waals surface area contributed by atoms with Crippen molar-refractivity contribution in [3.8, 4) is 0 Å². The summed E-state index contributed by atoms with van der Waals surface area (Å²) >= 11 is 0. The number of hydrogen-bond donors (Lipinski definition) is 2. The van der Waals surface area contributed by atoms with Gasteiger partial charge in [-0.25, -0.2) is 0 Å². The molecule has 1 aromatic heterocycles. The van der Waals surface area contributed by atoms with E-state index in [0.717, 1.165) is 5.69 Å². The van der Waals surface area contributed by atoms with Crippen LogP contribution in [0.1, 0.15) is 26.5 Å². The lowest BCUT2D eigenvalue weighted by molar-refractivity contribution is -0.131. The maximum absolute atomic E-state index is 12.1. The Morgan fingerprint density at radius 1 is 1.50 bits per heavy atom. The zero-order chi connectivity index (χ0) is 13.9. The molecule has 0 aliphatic heterocycles. The zero-order valence-corrected chi connectivity index (χ0v) is 11.8. The minimum Gasteiger partial charge on any atom is -0.394 e. The molecule has 1 rings (SSSR count). The SMILES string of the molecule is CCN(CC)C(=O)C(C)Nc1c(N)c(C)nn1C. The van der Waals surface area contributed by atoms with Gasteiger partial charge in [-0.2, -0.15) is 5.10 Å². The van der Waals surface area contributed by atoms with Gasteiger partial charge in [-0.15, -0.1) is 0 Å². The minimum absolute atomic E-state index is 0.0678. The predicted molar refractivity (Wildman–Crippen MR) is 73.4 cm³/mol. The summed E-state index contributed by atoms with van der Waals surface area (Å²) in [5.41, 5.74) is 7.28. The summed E-state index contributed by atoms with van der Waals surface area (Å²) in [7, 11) is 1.81. The molecule has 1 unspecified atom stereocenters.